The lowest BCUT2D eigenvalue weighted by molar-refractivity contribution is -0.0366. The molecule has 1 fully saturated rings. The molecule has 4 heteroatoms. The Morgan fingerprint density at radius 2 is 2.30 bits per heavy atom. The fourth-order valence-electron chi connectivity index (χ4n) is 3.44. The summed E-state index contributed by atoms with van der Waals surface area (Å²) in [6.07, 6.45) is 6.73. The monoisotopic (exact) mass is 271 g/mol. The summed E-state index contributed by atoms with van der Waals surface area (Å²) < 4.78 is 7.97. The molecule has 106 valence electrons. The normalized spacial score (nSPS) is 26.6. The number of aromatic nitrogens is 2. The zero-order chi connectivity index (χ0) is 13.5. The lowest BCUT2D eigenvalue weighted by Crippen LogP contribution is -2.32. The van der Waals surface area contributed by atoms with E-state index in [4.69, 9.17) is 4.74 Å². The third-order valence-corrected chi connectivity index (χ3v) is 4.57. The van der Waals surface area contributed by atoms with Crippen molar-refractivity contribution in [3.8, 4) is 0 Å². The number of fused-ring (bicyclic) bond motifs is 3. The van der Waals surface area contributed by atoms with E-state index in [1.165, 1.54) is 34.9 Å². The summed E-state index contributed by atoms with van der Waals surface area (Å²) in [6, 6.07) is 5.00. The Bertz CT molecular complexity index is 628. The summed E-state index contributed by atoms with van der Waals surface area (Å²) in [4.78, 5) is 0. The number of benzene rings is 1. The Morgan fingerprint density at radius 3 is 3.15 bits per heavy atom. The summed E-state index contributed by atoms with van der Waals surface area (Å²) in [7, 11) is 0. The number of hydrogen-bond donors (Lipinski definition) is 1. The maximum absolute atomic E-state index is 5.88. The summed E-state index contributed by atoms with van der Waals surface area (Å²) >= 11 is 0. The first-order valence-electron chi connectivity index (χ1n) is 7.66. The van der Waals surface area contributed by atoms with Crippen LogP contribution in [0.4, 0.5) is 0 Å². The van der Waals surface area contributed by atoms with E-state index in [0.717, 1.165) is 26.0 Å². The quantitative estimate of drug-likeness (QED) is 0.867. The lowest BCUT2D eigenvalue weighted by Gasteiger charge is -2.25. The average Bonchev–Trinajstić information content (AvgIpc) is 2.92. The molecule has 3 heterocycles. The van der Waals surface area contributed by atoms with Gasteiger partial charge in [0.05, 0.1) is 11.7 Å². The molecular formula is C16H21N3O. The molecule has 0 saturated carbocycles. The number of nitrogens with one attached hydrogen (secondary N) is 1. The predicted octanol–water partition coefficient (Wildman–Crippen LogP) is 2.77. The predicted molar refractivity (Wildman–Crippen MR) is 78.6 cm³/mol. The third kappa shape index (κ3) is 1.95. The van der Waals surface area contributed by atoms with Gasteiger partial charge in [-0.25, -0.2) is 4.68 Å². The van der Waals surface area contributed by atoms with Crippen molar-refractivity contribution in [2.75, 3.05) is 6.61 Å². The fourth-order valence-corrected chi connectivity index (χ4v) is 3.44. The second-order valence-corrected chi connectivity index (χ2v) is 6.03. The van der Waals surface area contributed by atoms with Gasteiger partial charge in [-0.1, -0.05) is 6.07 Å². The molecular weight excluding hydrogens is 250 g/mol. The topological polar surface area (TPSA) is 39.1 Å². The number of ether oxygens (including phenoxy) is 1. The molecule has 0 bridgehead atoms. The van der Waals surface area contributed by atoms with Crippen LogP contribution in [0.2, 0.25) is 0 Å². The molecule has 0 amide bonds. The van der Waals surface area contributed by atoms with Gasteiger partial charge in [0.25, 0.3) is 0 Å². The van der Waals surface area contributed by atoms with Gasteiger partial charge in [-0.15, -0.1) is 0 Å². The standard InChI is InChI=1S/C16H21N3O/c1-11-8-13-12(9-17-11)5-6-15-14(13)10-18-19(15)16-4-2-3-7-20-16/h5-6,10-11,16-17H,2-4,7-9H2,1H3. The Balaban J connectivity index is 1.79. The molecule has 20 heavy (non-hydrogen) atoms. The van der Waals surface area contributed by atoms with Gasteiger partial charge in [-0.2, -0.15) is 5.10 Å². The molecule has 1 saturated heterocycles. The van der Waals surface area contributed by atoms with Crippen LogP contribution in [-0.4, -0.2) is 22.4 Å². The maximum atomic E-state index is 5.88. The Hall–Kier alpha value is -1.39. The van der Waals surface area contributed by atoms with E-state index in [2.05, 4.69) is 34.2 Å². The van der Waals surface area contributed by atoms with Crippen molar-refractivity contribution in [3.63, 3.8) is 0 Å². The first-order chi connectivity index (χ1) is 9.83. The fraction of sp³-hybridized carbons (Fsp3) is 0.562. The second-order valence-electron chi connectivity index (χ2n) is 6.03. The van der Waals surface area contributed by atoms with E-state index in [0.29, 0.717) is 6.04 Å². The molecule has 1 aromatic heterocycles. The molecule has 2 aromatic rings. The van der Waals surface area contributed by atoms with E-state index in [1.807, 2.05) is 6.20 Å². The van der Waals surface area contributed by atoms with E-state index in [1.54, 1.807) is 0 Å². The first kappa shape index (κ1) is 12.4. The van der Waals surface area contributed by atoms with Crippen LogP contribution in [0.5, 0.6) is 0 Å². The van der Waals surface area contributed by atoms with Gasteiger partial charge < -0.3 is 10.1 Å². The molecule has 4 rings (SSSR count). The third-order valence-electron chi connectivity index (χ3n) is 4.57. The minimum atomic E-state index is 0.124. The van der Waals surface area contributed by atoms with Crippen LogP contribution < -0.4 is 5.32 Å². The van der Waals surface area contributed by atoms with Crippen molar-refractivity contribution < 1.29 is 4.74 Å². The van der Waals surface area contributed by atoms with Gasteiger partial charge in [0.15, 0.2) is 6.23 Å². The van der Waals surface area contributed by atoms with Crippen molar-refractivity contribution >= 4 is 10.9 Å². The van der Waals surface area contributed by atoms with Crippen molar-refractivity contribution in [1.82, 2.24) is 15.1 Å². The summed E-state index contributed by atoms with van der Waals surface area (Å²) in [5.41, 5.74) is 4.11. The van der Waals surface area contributed by atoms with Crippen molar-refractivity contribution in [2.45, 2.75) is 51.4 Å². The van der Waals surface area contributed by atoms with Gasteiger partial charge in [0.1, 0.15) is 0 Å². The van der Waals surface area contributed by atoms with Gasteiger partial charge in [0.2, 0.25) is 0 Å². The highest BCUT2D eigenvalue weighted by Gasteiger charge is 2.22. The van der Waals surface area contributed by atoms with E-state index >= 15 is 0 Å². The lowest BCUT2D eigenvalue weighted by atomic mass is 9.94. The Kier molecular flexibility index (Phi) is 3.00. The molecule has 2 aliphatic rings. The minimum Gasteiger partial charge on any atom is -0.356 e. The zero-order valence-electron chi connectivity index (χ0n) is 11.9. The zero-order valence-corrected chi connectivity index (χ0v) is 11.9. The van der Waals surface area contributed by atoms with Crippen LogP contribution >= 0.6 is 0 Å². The van der Waals surface area contributed by atoms with Crippen LogP contribution in [0, 0.1) is 0 Å². The Morgan fingerprint density at radius 1 is 1.35 bits per heavy atom. The van der Waals surface area contributed by atoms with Crippen LogP contribution in [0.15, 0.2) is 18.3 Å². The molecule has 0 spiro atoms. The van der Waals surface area contributed by atoms with Crippen molar-refractivity contribution in [3.05, 3.63) is 29.5 Å². The molecule has 0 aliphatic carbocycles. The first-order valence-corrected chi connectivity index (χ1v) is 7.66. The molecule has 2 aliphatic heterocycles. The number of nitrogens with zero attached hydrogens (tertiary/aromatic N) is 2. The Labute approximate surface area is 119 Å². The highest BCUT2D eigenvalue weighted by molar-refractivity contribution is 5.84. The van der Waals surface area contributed by atoms with Gasteiger partial charge >= 0.3 is 0 Å². The van der Waals surface area contributed by atoms with Crippen LogP contribution in [-0.2, 0) is 17.7 Å². The van der Waals surface area contributed by atoms with Crippen molar-refractivity contribution in [2.24, 2.45) is 0 Å². The SMILES string of the molecule is CC1Cc2c(ccc3c2cnn3C2CCCCO2)CN1. The average molecular weight is 271 g/mol. The van der Waals surface area contributed by atoms with Gasteiger partial charge in [-0.05, 0) is 49.8 Å². The van der Waals surface area contributed by atoms with Gasteiger partial charge in [0, 0.05) is 24.6 Å². The largest absolute Gasteiger partial charge is 0.356 e. The molecule has 4 nitrogen and oxygen atoms in total. The maximum Gasteiger partial charge on any atom is 0.150 e. The molecule has 2 unspecified atom stereocenters. The van der Waals surface area contributed by atoms with Gasteiger partial charge in [-0.3, -0.25) is 0 Å². The highest BCUT2D eigenvalue weighted by Crippen LogP contribution is 2.30. The molecule has 1 N–H and O–H groups in total. The minimum absolute atomic E-state index is 0.124. The number of rotatable bonds is 1. The summed E-state index contributed by atoms with van der Waals surface area (Å²) in [5, 5.41) is 9.45. The van der Waals surface area contributed by atoms with E-state index in [9.17, 15) is 0 Å². The molecule has 1 aromatic carbocycles. The second kappa shape index (κ2) is 4.86. The van der Waals surface area contributed by atoms with Crippen LogP contribution in [0.1, 0.15) is 43.5 Å². The highest BCUT2D eigenvalue weighted by atomic mass is 16.5. The summed E-state index contributed by atoms with van der Waals surface area (Å²) in [5.74, 6) is 0. The van der Waals surface area contributed by atoms with E-state index in [-0.39, 0.29) is 6.23 Å². The molecule has 0 radical (unpaired) electrons. The van der Waals surface area contributed by atoms with Crippen LogP contribution in [0.25, 0.3) is 10.9 Å². The van der Waals surface area contributed by atoms with Crippen LogP contribution in [0.3, 0.4) is 0 Å². The van der Waals surface area contributed by atoms with Crippen molar-refractivity contribution in [1.29, 1.82) is 0 Å². The number of hydrogen-bond acceptors (Lipinski definition) is 3. The molecule has 2 atom stereocenters. The smallest absolute Gasteiger partial charge is 0.150 e. The summed E-state index contributed by atoms with van der Waals surface area (Å²) in [6.45, 7) is 4.08. The van der Waals surface area contributed by atoms with E-state index < -0.39 is 0 Å².